The van der Waals surface area contributed by atoms with Crippen LogP contribution < -0.4 is 0 Å². The summed E-state index contributed by atoms with van der Waals surface area (Å²) in [6.07, 6.45) is 3.12. The van der Waals surface area contributed by atoms with Crippen molar-refractivity contribution in [2.24, 2.45) is 0 Å². The SMILES string of the molecule is C[C@@]12CCCC(=O)N1C[C@@H]1c3ccccc3CCN1C2=O. The van der Waals surface area contributed by atoms with Crippen molar-refractivity contribution in [3.63, 3.8) is 0 Å². The molecule has 2 fully saturated rings. The molecule has 3 aliphatic rings. The zero-order valence-electron chi connectivity index (χ0n) is 12.3. The van der Waals surface area contributed by atoms with Crippen LogP contribution in [0.3, 0.4) is 0 Å². The molecule has 0 N–H and O–H groups in total. The Labute approximate surface area is 124 Å². The zero-order valence-corrected chi connectivity index (χ0v) is 12.3. The summed E-state index contributed by atoms with van der Waals surface area (Å²) in [6, 6.07) is 8.37. The highest BCUT2D eigenvalue weighted by Gasteiger charge is 2.53. The highest BCUT2D eigenvalue weighted by molar-refractivity contribution is 5.94. The topological polar surface area (TPSA) is 40.6 Å². The lowest BCUT2D eigenvalue weighted by Gasteiger charge is -2.55. The first-order valence-corrected chi connectivity index (χ1v) is 7.80. The number of fused-ring (bicyclic) bond motifs is 4. The van der Waals surface area contributed by atoms with Gasteiger partial charge in [-0.2, -0.15) is 0 Å². The van der Waals surface area contributed by atoms with Gasteiger partial charge in [0.05, 0.1) is 6.04 Å². The molecule has 4 nitrogen and oxygen atoms in total. The van der Waals surface area contributed by atoms with Crippen LogP contribution in [0.5, 0.6) is 0 Å². The third-order valence-corrected chi connectivity index (χ3v) is 5.44. The Morgan fingerprint density at radius 2 is 2.00 bits per heavy atom. The molecule has 0 spiro atoms. The molecular formula is C17H20N2O2. The van der Waals surface area contributed by atoms with Crippen molar-refractivity contribution in [3.05, 3.63) is 35.4 Å². The van der Waals surface area contributed by atoms with Crippen LogP contribution in [-0.4, -0.2) is 40.2 Å². The molecule has 2 atom stereocenters. The van der Waals surface area contributed by atoms with Gasteiger partial charge in [-0.3, -0.25) is 9.59 Å². The van der Waals surface area contributed by atoms with E-state index in [0.29, 0.717) is 13.0 Å². The first-order chi connectivity index (χ1) is 10.1. The standard InChI is InChI=1S/C17H20N2O2/c1-17-9-4-7-15(20)19(17)11-14-13-6-3-2-5-12(13)8-10-18(14)16(17)21/h2-3,5-6,14H,4,7-11H2,1H3/t14-,17+/m1/s1. The van der Waals surface area contributed by atoms with Gasteiger partial charge in [-0.15, -0.1) is 0 Å². The van der Waals surface area contributed by atoms with Crippen molar-refractivity contribution in [1.29, 1.82) is 0 Å². The van der Waals surface area contributed by atoms with Crippen LogP contribution in [0.4, 0.5) is 0 Å². The molecule has 0 aliphatic carbocycles. The average molecular weight is 284 g/mol. The second kappa shape index (κ2) is 4.33. The maximum atomic E-state index is 13.0. The summed E-state index contributed by atoms with van der Waals surface area (Å²) in [7, 11) is 0. The minimum atomic E-state index is -0.613. The van der Waals surface area contributed by atoms with Crippen molar-refractivity contribution in [1.82, 2.24) is 9.80 Å². The van der Waals surface area contributed by atoms with E-state index in [0.717, 1.165) is 25.8 Å². The van der Waals surface area contributed by atoms with Crippen LogP contribution in [0.15, 0.2) is 24.3 Å². The Hall–Kier alpha value is -1.84. The number of carbonyl (C=O) groups excluding carboxylic acids is 2. The molecule has 3 aliphatic heterocycles. The number of carbonyl (C=O) groups is 2. The van der Waals surface area contributed by atoms with Crippen LogP contribution in [-0.2, 0) is 16.0 Å². The number of rotatable bonds is 0. The predicted octanol–water partition coefficient (Wildman–Crippen LogP) is 1.90. The minimum Gasteiger partial charge on any atom is -0.331 e. The predicted molar refractivity (Wildman–Crippen MR) is 78.6 cm³/mol. The summed E-state index contributed by atoms with van der Waals surface area (Å²) in [4.78, 5) is 29.2. The molecule has 0 bridgehead atoms. The van der Waals surface area contributed by atoms with Gasteiger partial charge in [0.15, 0.2) is 0 Å². The number of amides is 2. The van der Waals surface area contributed by atoms with Crippen LogP contribution in [0.25, 0.3) is 0 Å². The molecule has 110 valence electrons. The molecule has 4 rings (SSSR count). The molecule has 1 aromatic carbocycles. The van der Waals surface area contributed by atoms with Crippen LogP contribution in [0, 0.1) is 0 Å². The number of piperazine rings is 1. The molecule has 0 unspecified atom stereocenters. The molecule has 0 radical (unpaired) electrons. The lowest BCUT2D eigenvalue weighted by Crippen LogP contribution is -2.68. The molecule has 0 saturated carbocycles. The largest absolute Gasteiger partial charge is 0.331 e. The van der Waals surface area contributed by atoms with E-state index in [-0.39, 0.29) is 17.9 Å². The number of piperidine rings is 1. The van der Waals surface area contributed by atoms with Gasteiger partial charge in [-0.25, -0.2) is 0 Å². The van der Waals surface area contributed by atoms with E-state index in [9.17, 15) is 9.59 Å². The summed E-state index contributed by atoms with van der Waals surface area (Å²) in [5.74, 6) is 0.279. The van der Waals surface area contributed by atoms with Gasteiger partial charge in [-0.1, -0.05) is 24.3 Å². The van der Waals surface area contributed by atoms with Crippen LogP contribution in [0.1, 0.15) is 43.4 Å². The van der Waals surface area contributed by atoms with Crippen molar-refractivity contribution < 1.29 is 9.59 Å². The van der Waals surface area contributed by atoms with E-state index in [1.165, 1.54) is 11.1 Å². The lowest BCUT2D eigenvalue weighted by atomic mass is 9.80. The molecular weight excluding hydrogens is 264 g/mol. The van der Waals surface area contributed by atoms with Gasteiger partial charge in [0.25, 0.3) is 0 Å². The summed E-state index contributed by atoms with van der Waals surface area (Å²) in [6.45, 7) is 3.37. The number of nitrogens with zero attached hydrogens (tertiary/aromatic N) is 2. The quantitative estimate of drug-likeness (QED) is 0.730. The molecule has 2 saturated heterocycles. The van der Waals surface area contributed by atoms with Gasteiger partial charge >= 0.3 is 0 Å². The summed E-state index contributed by atoms with van der Waals surface area (Å²) < 4.78 is 0. The van der Waals surface area contributed by atoms with E-state index in [1.807, 2.05) is 22.8 Å². The van der Waals surface area contributed by atoms with Crippen molar-refractivity contribution >= 4 is 11.8 Å². The molecule has 3 heterocycles. The zero-order chi connectivity index (χ0) is 14.6. The van der Waals surface area contributed by atoms with E-state index in [2.05, 4.69) is 18.2 Å². The monoisotopic (exact) mass is 284 g/mol. The van der Waals surface area contributed by atoms with Gasteiger partial charge in [0.2, 0.25) is 11.8 Å². The summed E-state index contributed by atoms with van der Waals surface area (Å²) in [5.41, 5.74) is 1.93. The van der Waals surface area contributed by atoms with E-state index >= 15 is 0 Å². The smallest absolute Gasteiger partial charge is 0.248 e. The number of hydrogen-bond acceptors (Lipinski definition) is 2. The van der Waals surface area contributed by atoms with E-state index < -0.39 is 5.54 Å². The van der Waals surface area contributed by atoms with Gasteiger partial charge < -0.3 is 9.80 Å². The van der Waals surface area contributed by atoms with Crippen LogP contribution in [0.2, 0.25) is 0 Å². The normalized spacial score (nSPS) is 31.6. The Kier molecular flexibility index (Phi) is 2.65. The second-order valence-electron chi connectivity index (χ2n) is 6.59. The highest BCUT2D eigenvalue weighted by Crippen LogP contribution is 2.42. The van der Waals surface area contributed by atoms with Gasteiger partial charge in [0.1, 0.15) is 5.54 Å². The first-order valence-electron chi connectivity index (χ1n) is 7.80. The minimum absolute atomic E-state index is 0.0394. The van der Waals surface area contributed by atoms with Crippen LogP contribution >= 0.6 is 0 Å². The third kappa shape index (κ3) is 1.68. The first kappa shape index (κ1) is 12.9. The Morgan fingerprint density at radius 3 is 2.86 bits per heavy atom. The Balaban J connectivity index is 1.78. The maximum Gasteiger partial charge on any atom is 0.248 e. The number of benzene rings is 1. The fourth-order valence-corrected chi connectivity index (χ4v) is 4.23. The Bertz CT molecular complexity index is 627. The second-order valence-corrected chi connectivity index (χ2v) is 6.59. The van der Waals surface area contributed by atoms with E-state index in [1.54, 1.807) is 0 Å². The molecule has 0 aromatic heterocycles. The average Bonchev–Trinajstić information content (AvgIpc) is 2.49. The summed E-state index contributed by atoms with van der Waals surface area (Å²) in [5, 5.41) is 0. The van der Waals surface area contributed by atoms with Crippen molar-refractivity contribution in [2.75, 3.05) is 13.1 Å². The summed E-state index contributed by atoms with van der Waals surface area (Å²) >= 11 is 0. The molecule has 4 heteroatoms. The number of hydrogen-bond donors (Lipinski definition) is 0. The van der Waals surface area contributed by atoms with Gasteiger partial charge in [0, 0.05) is 19.5 Å². The van der Waals surface area contributed by atoms with E-state index in [4.69, 9.17) is 0 Å². The molecule has 2 amide bonds. The molecule has 1 aromatic rings. The van der Waals surface area contributed by atoms with Gasteiger partial charge in [-0.05, 0) is 37.3 Å². The molecule has 21 heavy (non-hydrogen) atoms. The lowest BCUT2D eigenvalue weighted by molar-refractivity contribution is -0.169. The fourth-order valence-electron chi connectivity index (χ4n) is 4.23. The van der Waals surface area contributed by atoms with Crippen molar-refractivity contribution in [2.45, 2.75) is 44.2 Å². The fraction of sp³-hybridized carbons (Fsp3) is 0.529. The maximum absolute atomic E-state index is 13.0. The third-order valence-electron chi connectivity index (χ3n) is 5.44. The van der Waals surface area contributed by atoms with Crippen molar-refractivity contribution in [3.8, 4) is 0 Å². The highest BCUT2D eigenvalue weighted by atomic mass is 16.2. The Morgan fingerprint density at radius 1 is 1.19 bits per heavy atom.